The Labute approximate surface area is 134 Å². The maximum absolute atomic E-state index is 4.70. The molecule has 4 nitrogen and oxygen atoms in total. The predicted octanol–water partition coefficient (Wildman–Crippen LogP) is 3.42. The van der Waals surface area contributed by atoms with Crippen LogP contribution in [0.4, 0.5) is 0 Å². The third-order valence-electron chi connectivity index (χ3n) is 4.89. The molecule has 1 heterocycles. The topological polar surface area (TPSA) is 49.3 Å². The fourth-order valence-electron chi connectivity index (χ4n) is 3.23. The second-order valence-electron chi connectivity index (χ2n) is 6.38. The van der Waals surface area contributed by atoms with E-state index in [4.69, 9.17) is 4.99 Å². The van der Waals surface area contributed by atoms with E-state index in [1.54, 1.807) is 0 Å². The molecule has 22 heavy (non-hydrogen) atoms. The molecule has 0 bridgehead atoms. The monoisotopic (exact) mass is 302 g/mol. The number of rotatable bonds is 6. The number of aromatic nitrogens is 1. The van der Waals surface area contributed by atoms with Crippen molar-refractivity contribution >= 4 is 5.96 Å². The molecule has 1 aromatic rings. The lowest BCUT2D eigenvalue weighted by Crippen LogP contribution is -2.42. The van der Waals surface area contributed by atoms with Gasteiger partial charge in [0.2, 0.25) is 0 Å². The van der Waals surface area contributed by atoms with Crippen LogP contribution in [0.5, 0.6) is 0 Å². The van der Waals surface area contributed by atoms with Gasteiger partial charge in [-0.1, -0.05) is 25.8 Å². The fourth-order valence-corrected chi connectivity index (χ4v) is 3.23. The maximum Gasteiger partial charge on any atom is 0.191 e. The van der Waals surface area contributed by atoms with Gasteiger partial charge in [0.05, 0.1) is 12.2 Å². The molecular weight excluding hydrogens is 272 g/mol. The van der Waals surface area contributed by atoms with Crippen LogP contribution in [0.1, 0.15) is 57.2 Å². The predicted molar refractivity (Wildman–Crippen MR) is 93.0 cm³/mol. The summed E-state index contributed by atoms with van der Waals surface area (Å²) in [6.07, 6.45) is 8.51. The highest BCUT2D eigenvalue weighted by Crippen LogP contribution is 2.40. The molecule has 1 aliphatic rings. The van der Waals surface area contributed by atoms with Gasteiger partial charge in [-0.05, 0) is 50.2 Å². The van der Waals surface area contributed by atoms with Gasteiger partial charge in [-0.3, -0.25) is 4.98 Å². The average molecular weight is 302 g/mol. The molecule has 0 spiro atoms. The molecule has 0 radical (unpaired) electrons. The quantitative estimate of drug-likeness (QED) is 0.625. The molecule has 1 aromatic heterocycles. The summed E-state index contributed by atoms with van der Waals surface area (Å²) >= 11 is 0. The number of aryl methyl sites for hydroxylation is 1. The van der Waals surface area contributed by atoms with Crippen LogP contribution in [0.3, 0.4) is 0 Å². The molecule has 1 fully saturated rings. The van der Waals surface area contributed by atoms with Crippen molar-refractivity contribution in [2.24, 2.45) is 10.4 Å². The van der Waals surface area contributed by atoms with Crippen molar-refractivity contribution in [3.63, 3.8) is 0 Å². The van der Waals surface area contributed by atoms with Gasteiger partial charge in [-0.25, -0.2) is 4.99 Å². The zero-order valence-corrected chi connectivity index (χ0v) is 14.3. The molecule has 2 rings (SSSR count). The first kappa shape index (κ1) is 16.8. The third-order valence-corrected chi connectivity index (χ3v) is 4.89. The standard InChI is InChI=1S/C18H30N4/c1-4-18(10-6-7-11-18)14-22-17(19-5-2)21-13-16-15(3)9-8-12-20-16/h8-9,12H,4-7,10-11,13-14H2,1-3H3,(H2,19,21,22). The molecule has 1 saturated carbocycles. The number of nitrogens with one attached hydrogen (secondary N) is 2. The molecule has 0 amide bonds. The minimum Gasteiger partial charge on any atom is -0.357 e. The molecule has 4 heteroatoms. The highest BCUT2D eigenvalue weighted by Gasteiger charge is 2.31. The Kier molecular flexibility index (Phi) is 6.22. The Bertz CT molecular complexity index is 490. The first-order valence-electron chi connectivity index (χ1n) is 8.62. The summed E-state index contributed by atoms with van der Waals surface area (Å²) in [6.45, 7) is 9.04. The average Bonchev–Trinajstić information content (AvgIpc) is 3.01. The van der Waals surface area contributed by atoms with E-state index in [0.29, 0.717) is 12.0 Å². The Morgan fingerprint density at radius 2 is 2.05 bits per heavy atom. The molecule has 0 aliphatic heterocycles. The van der Waals surface area contributed by atoms with E-state index < -0.39 is 0 Å². The van der Waals surface area contributed by atoms with Gasteiger partial charge < -0.3 is 10.6 Å². The third kappa shape index (κ3) is 4.46. The number of aliphatic imine (C=N–C) groups is 1. The molecule has 122 valence electrons. The van der Waals surface area contributed by atoms with Gasteiger partial charge in [0.15, 0.2) is 5.96 Å². The summed E-state index contributed by atoms with van der Waals surface area (Å²) < 4.78 is 0. The summed E-state index contributed by atoms with van der Waals surface area (Å²) in [6, 6.07) is 4.06. The zero-order chi connectivity index (χ0) is 15.8. The minimum absolute atomic E-state index is 0.469. The van der Waals surface area contributed by atoms with Crippen LogP contribution in [0.25, 0.3) is 0 Å². The van der Waals surface area contributed by atoms with Crippen molar-refractivity contribution in [1.82, 2.24) is 15.6 Å². The van der Waals surface area contributed by atoms with Gasteiger partial charge in [0.25, 0.3) is 0 Å². The summed E-state index contributed by atoms with van der Waals surface area (Å²) in [5.41, 5.74) is 2.71. The number of guanidine groups is 1. The number of hydrogen-bond donors (Lipinski definition) is 2. The first-order valence-corrected chi connectivity index (χ1v) is 8.62. The summed E-state index contributed by atoms with van der Waals surface area (Å²) in [7, 11) is 0. The summed E-state index contributed by atoms with van der Waals surface area (Å²) in [5.74, 6) is 0.910. The highest BCUT2D eigenvalue weighted by atomic mass is 15.2. The van der Waals surface area contributed by atoms with E-state index in [2.05, 4.69) is 42.5 Å². The fraction of sp³-hybridized carbons (Fsp3) is 0.667. The van der Waals surface area contributed by atoms with Crippen molar-refractivity contribution in [2.75, 3.05) is 13.1 Å². The van der Waals surface area contributed by atoms with Gasteiger partial charge in [-0.2, -0.15) is 0 Å². The summed E-state index contributed by atoms with van der Waals surface area (Å²) in [4.78, 5) is 9.12. The van der Waals surface area contributed by atoms with Crippen molar-refractivity contribution < 1.29 is 0 Å². The largest absolute Gasteiger partial charge is 0.357 e. The molecule has 2 N–H and O–H groups in total. The molecular formula is C18H30N4. The van der Waals surface area contributed by atoms with Crippen LogP contribution in [-0.4, -0.2) is 24.0 Å². The van der Waals surface area contributed by atoms with E-state index >= 15 is 0 Å². The lowest BCUT2D eigenvalue weighted by atomic mass is 9.83. The molecule has 0 aromatic carbocycles. The van der Waals surface area contributed by atoms with E-state index in [0.717, 1.165) is 24.7 Å². The van der Waals surface area contributed by atoms with Gasteiger partial charge >= 0.3 is 0 Å². The highest BCUT2D eigenvalue weighted by molar-refractivity contribution is 5.79. The molecule has 0 saturated heterocycles. The Morgan fingerprint density at radius 1 is 1.27 bits per heavy atom. The van der Waals surface area contributed by atoms with Crippen LogP contribution >= 0.6 is 0 Å². The van der Waals surface area contributed by atoms with Crippen LogP contribution < -0.4 is 10.6 Å². The number of nitrogens with zero attached hydrogens (tertiary/aromatic N) is 2. The SMILES string of the molecule is CCNC(=NCc1ncccc1C)NCC1(CC)CCCC1. The summed E-state index contributed by atoms with van der Waals surface area (Å²) in [5, 5.41) is 6.90. The number of hydrogen-bond acceptors (Lipinski definition) is 2. The smallest absolute Gasteiger partial charge is 0.191 e. The Morgan fingerprint density at radius 3 is 2.68 bits per heavy atom. The lowest BCUT2D eigenvalue weighted by Gasteiger charge is -2.28. The van der Waals surface area contributed by atoms with Crippen molar-refractivity contribution in [1.29, 1.82) is 0 Å². The zero-order valence-electron chi connectivity index (χ0n) is 14.3. The van der Waals surface area contributed by atoms with Crippen molar-refractivity contribution in [3.8, 4) is 0 Å². The van der Waals surface area contributed by atoms with Gasteiger partial charge in [0, 0.05) is 19.3 Å². The van der Waals surface area contributed by atoms with E-state index in [1.165, 1.54) is 37.7 Å². The van der Waals surface area contributed by atoms with Crippen LogP contribution in [0.15, 0.2) is 23.3 Å². The normalized spacial score (nSPS) is 17.5. The number of pyridine rings is 1. The van der Waals surface area contributed by atoms with E-state index in [-0.39, 0.29) is 0 Å². The lowest BCUT2D eigenvalue weighted by molar-refractivity contribution is 0.283. The van der Waals surface area contributed by atoms with Crippen LogP contribution in [0, 0.1) is 12.3 Å². The van der Waals surface area contributed by atoms with Crippen LogP contribution in [-0.2, 0) is 6.54 Å². The Balaban J connectivity index is 1.97. The van der Waals surface area contributed by atoms with Crippen molar-refractivity contribution in [3.05, 3.63) is 29.6 Å². The van der Waals surface area contributed by atoms with Crippen molar-refractivity contribution in [2.45, 2.75) is 59.4 Å². The first-order chi connectivity index (χ1) is 10.7. The second kappa shape index (κ2) is 8.16. The minimum atomic E-state index is 0.469. The van der Waals surface area contributed by atoms with Gasteiger partial charge in [-0.15, -0.1) is 0 Å². The second-order valence-corrected chi connectivity index (χ2v) is 6.38. The van der Waals surface area contributed by atoms with Crippen LogP contribution in [0.2, 0.25) is 0 Å². The molecule has 1 aliphatic carbocycles. The van der Waals surface area contributed by atoms with E-state index in [1.807, 2.05) is 12.3 Å². The molecule has 0 unspecified atom stereocenters. The maximum atomic E-state index is 4.70. The Hall–Kier alpha value is -1.58. The van der Waals surface area contributed by atoms with Gasteiger partial charge in [0.1, 0.15) is 0 Å². The van der Waals surface area contributed by atoms with E-state index in [9.17, 15) is 0 Å². The molecule has 0 atom stereocenters.